The van der Waals surface area contributed by atoms with Gasteiger partial charge in [0.05, 0.1) is 25.6 Å². The molecule has 0 spiro atoms. The second kappa shape index (κ2) is 9.94. The molecule has 0 radical (unpaired) electrons. The van der Waals surface area contributed by atoms with E-state index in [9.17, 15) is 4.79 Å². The van der Waals surface area contributed by atoms with Crippen LogP contribution in [0.1, 0.15) is 12.8 Å². The van der Waals surface area contributed by atoms with Gasteiger partial charge in [-0.05, 0) is 49.9 Å². The number of hydrogen-bond donors (Lipinski definition) is 1. The van der Waals surface area contributed by atoms with Crippen LogP contribution >= 0.6 is 0 Å². The summed E-state index contributed by atoms with van der Waals surface area (Å²) in [6.45, 7) is 4.52. The van der Waals surface area contributed by atoms with Crippen LogP contribution in [0, 0.1) is 0 Å². The van der Waals surface area contributed by atoms with Gasteiger partial charge in [-0.3, -0.25) is 4.79 Å². The molecule has 2 heterocycles. The van der Waals surface area contributed by atoms with Gasteiger partial charge in [0.1, 0.15) is 17.3 Å². The summed E-state index contributed by atoms with van der Waals surface area (Å²) in [5.74, 6) is 2.48. The molecule has 2 aromatic rings. The maximum absolute atomic E-state index is 12.1. The van der Waals surface area contributed by atoms with Crippen molar-refractivity contribution < 1.29 is 14.3 Å². The Balaban J connectivity index is 1.37. The molecule has 1 aromatic carbocycles. The van der Waals surface area contributed by atoms with E-state index in [2.05, 4.69) is 27.1 Å². The van der Waals surface area contributed by atoms with E-state index >= 15 is 0 Å². The van der Waals surface area contributed by atoms with Crippen LogP contribution in [0.15, 0.2) is 42.6 Å². The predicted molar refractivity (Wildman–Crippen MR) is 110 cm³/mol. The van der Waals surface area contributed by atoms with Crippen LogP contribution in [0.3, 0.4) is 0 Å². The van der Waals surface area contributed by atoms with E-state index in [1.807, 2.05) is 36.4 Å². The highest BCUT2D eigenvalue weighted by Gasteiger charge is 2.15. The SMILES string of the molecule is COc1ccc(OCCCC(=O)Nc2ccc(N3CCN(C)CC3)nc2)cc1. The van der Waals surface area contributed by atoms with E-state index in [1.165, 1.54) is 0 Å². The number of carbonyl (C=O) groups excluding carboxylic acids is 1. The molecule has 7 nitrogen and oxygen atoms in total. The summed E-state index contributed by atoms with van der Waals surface area (Å²) >= 11 is 0. The predicted octanol–water partition coefficient (Wildman–Crippen LogP) is 2.64. The molecule has 1 amide bonds. The first-order chi connectivity index (χ1) is 13.6. The van der Waals surface area contributed by atoms with Crippen molar-refractivity contribution in [3.63, 3.8) is 0 Å². The average Bonchev–Trinajstić information content (AvgIpc) is 2.73. The Morgan fingerprint density at radius 1 is 1.07 bits per heavy atom. The quantitative estimate of drug-likeness (QED) is 0.706. The lowest BCUT2D eigenvalue weighted by molar-refractivity contribution is -0.116. The molecule has 28 heavy (non-hydrogen) atoms. The number of nitrogens with zero attached hydrogens (tertiary/aromatic N) is 3. The molecule has 1 aliphatic heterocycles. The van der Waals surface area contributed by atoms with Crippen molar-refractivity contribution in [1.29, 1.82) is 0 Å². The number of rotatable bonds is 8. The fourth-order valence-electron chi connectivity index (χ4n) is 3.00. The van der Waals surface area contributed by atoms with Gasteiger partial charge in [-0.25, -0.2) is 4.98 Å². The molecule has 1 fully saturated rings. The van der Waals surface area contributed by atoms with Crippen LogP contribution in [0.25, 0.3) is 0 Å². The number of aromatic nitrogens is 1. The minimum Gasteiger partial charge on any atom is -0.497 e. The molecule has 3 rings (SSSR count). The second-order valence-corrected chi connectivity index (χ2v) is 6.87. The van der Waals surface area contributed by atoms with Gasteiger partial charge in [0, 0.05) is 32.6 Å². The van der Waals surface area contributed by atoms with Crippen molar-refractivity contribution >= 4 is 17.4 Å². The summed E-state index contributed by atoms with van der Waals surface area (Å²) in [7, 11) is 3.76. The molecule has 0 unspecified atom stereocenters. The first kappa shape index (κ1) is 19.9. The number of pyridine rings is 1. The van der Waals surface area contributed by atoms with E-state index in [0.29, 0.717) is 19.4 Å². The molecule has 1 saturated heterocycles. The molecule has 0 saturated carbocycles. The minimum absolute atomic E-state index is 0.0347. The first-order valence-corrected chi connectivity index (χ1v) is 9.60. The molecule has 1 aliphatic rings. The summed E-state index contributed by atoms with van der Waals surface area (Å²) < 4.78 is 10.8. The number of hydrogen-bond acceptors (Lipinski definition) is 6. The number of ether oxygens (including phenoxy) is 2. The number of anilines is 2. The zero-order chi connectivity index (χ0) is 19.8. The highest BCUT2D eigenvalue weighted by atomic mass is 16.5. The van der Waals surface area contributed by atoms with E-state index < -0.39 is 0 Å². The van der Waals surface area contributed by atoms with Crippen LogP contribution in [0.5, 0.6) is 11.5 Å². The van der Waals surface area contributed by atoms with Crippen LogP contribution < -0.4 is 19.7 Å². The van der Waals surface area contributed by atoms with Gasteiger partial charge in [-0.15, -0.1) is 0 Å². The van der Waals surface area contributed by atoms with Crippen molar-refractivity contribution in [3.8, 4) is 11.5 Å². The Bertz CT molecular complexity index is 741. The topological polar surface area (TPSA) is 66.9 Å². The number of piperazine rings is 1. The fourth-order valence-corrected chi connectivity index (χ4v) is 3.00. The van der Waals surface area contributed by atoms with Gasteiger partial charge in [0.2, 0.25) is 5.91 Å². The molecular weight excluding hydrogens is 356 g/mol. The number of carbonyl (C=O) groups is 1. The van der Waals surface area contributed by atoms with Gasteiger partial charge in [-0.2, -0.15) is 0 Å². The van der Waals surface area contributed by atoms with Crippen molar-refractivity contribution in [3.05, 3.63) is 42.6 Å². The second-order valence-electron chi connectivity index (χ2n) is 6.87. The Kier molecular flexibility index (Phi) is 7.08. The number of amides is 1. The van der Waals surface area contributed by atoms with E-state index in [-0.39, 0.29) is 5.91 Å². The number of likely N-dealkylation sites (N-methyl/N-ethyl adjacent to an activating group) is 1. The normalized spacial score (nSPS) is 14.6. The maximum Gasteiger partial charge on any atom is 0.224 e. The molecule has 1 N–H and O–H groups in total. The molecular formula is C21H28N4O3. The third kappa shape index (κ3) is 5.85. The van der Waals surface area contributed by atoms with E-state index in [1.54, 1.807) is 13.3 Å². The molecule has 150 valence electrons. The lowest BCUT2D eigenvalue weighted by Gasteiger charge is -2.33. The Labute approximate surface area is 166 Å². The summed E-state index contributed by atoms with van der Waals surface area (Å²) in [5.41, 5.74) is 0.721. The first-order valence-electron chi connectivity index (χ1n) is 9.60. The Morgan fingerprint density at radius 3 is 2.43 bits per heavy atom. The maximum atomic E-state index is 12.1. The van der Waals surface area contributed by atoms with Crippen LogP contribution in [-0.4, -0.2) is 62.7 Å². The summed E-state index contributed by atoms with van der Waals surface area (Å²) in [6, 6.07) is 11.3. The van der Waals surface area contributed by atoms with Crippen LogP contribution in [-0.2, 0) is 4.79 Å². The third-order valence-electron chi connectivity index (χ3n) is 4.74. The highest BCUT2D eigenvalue weighted by Crippen LogP contribution is 2.18. The van der Waals surface area contributed by atoms with E-state index in [4.69, 9.17) is 9.47 Å². The summed E-state index contributed by atoms with van der Waals surface area (Å²) in [6.07, 6.45) is 2.76. The molecule has 1 aromatic heterocycles. The zero-order valence-corrected chi connectivity index (χ0v) is 16.6. The van der Waals surface area contributed by atoms with Crippen molar-refractivity contribution in [2.45, 2.75) is 12.8 Å². The Morgan fingerprint density at radius 2 is 1.79 bits per heavy atom. The number of nitrogens with one attached hydrogen (secondary N) is 1. The van der Waals surface area contributed by atoms with Crippen LogP contribution in [0.4, 0.5) is 11.5 Å². The van der Waals surface area contributed by atoms with Gasteiger partial charge >= 0.3 is 0 Å². The largest absolute Gasteiger partial charge is 0.497 e. The zero-order valence-electron chi connectivity index (χ0n) is 16.6. The fraction of sp³-hybridized carbons (Fsp3) is 0.429. The minimum atomic E-state index is -0.0347. The monoisotopic (exact) mass is 384 g/mol. The molecule has 0 bridgehead atoms. The number of benzene rings is 1. The van der Waals surface area contributed by atoms with Gasteiger partial charge in [-0.1, -0.05) is 0 Å². The number of methoxy groups -OCH3 is 1. The van der Waals surface area contributed by atoms with Crippen molar-refractivity contribution in [2.24, 2.45) is 0 Å². The van der Waals surface area contributed by atoms with Crippen molar-refractivity contribution in [2.75, 3.05) is 57.2 Å². The average molecular weight is 384 g/mol. The van der Waals surface area contributed by atoms with Gasteiger partial charge in [0.15, 0.2) is 0 Å². The molecule has 0 atom stereocenters. The molecule has 7 heteroatoms. The molecule has 0 aliphatic carbocycles. The van der Waals surface area contributed by atoms with Gasteiger partial charge in [0.25, 0.3) is 0 Å². The Hall–Kier alpha value is -2.80. The van der Waals surface area contributed by atoms with E-state index in [0.717, 1.165) is 49.2 Å². The van der Waals surface area contributed by atoms with Gasteiger partial charge < -0.3 is 24.6 Å². The van der Waals surface area contributed by atoms with Crippen molar-refractivity contribution in [1.82, 2.24) is 9.88 Å². The summed E-state index contributed by atoms with van der Waals surface area (Å²) in [4.78, 5) is 21.2. The smallest absolute Gasteiger partial charge is 0.224 e. The lowest BCUT2D eigenvalue weighted by Crippen LogP contribution is -2.44. The highest BCUT2D eigenvalue weighted by molar-refractivity contribution is 5.90. The third-order valence-corrected chi connectivity index (χ3v) is 4.74. The summed E-state index contributed by atoms with van der Waals surface area (Å²) in [5, 5.41) is 2.89. The lowest BCUT2D eigenvalue weighted by atomic mass is 10.3. The van der Waals surface area contributed by atoms with Crippen LogP contribution in [0.2, 0.25) is 0 Å². The standard InChI is InChI=1S/C21H28N4O3/c1-24-11-13-25(14-12-24)20-10-5-17(16-22-20)23-21(26)4-3-15-28-19-8-6-18(27-2)7-9-19/h5-10,16H,3-4,11-15H2,1-2H3,(H,23,26).